The van der Waals surface area contributed by atoms with E-state index in [2.05, 4.69) is 20.7 Å². The van der Waals surface area contributed by atoms with Crippen molar-refractivity contribution in [1.29, 1.82) is 0 Å². The van der Waals surface area contributed by atoms with Crippen LogP contribution in [0.3, 0.4) is 0 Å². The van der Waals surface area contributed by atoms with Gasteiger partial charge in [0.2, 0.25) is 5.91 Å². The van der Waals surface area contributed by atoms with Gasteiger partial charge in [-0.25, -0.2) is 9.59 Å². The maximum absolute atomic E-state index is 11.6. The lowest BCUT2D eigenvalue weighted by Crippen LogP contribution is -2.39. The zero-order valence-corrected chi connectivity index (χ0v) is 11.6. The van der Waals surface area contributed by atoms with Crippen molar-refractivity contribution < 1.29 is 19.1 Å². The number of hydrogen-bond donors (Lipinski definition) is 3. The summed E-state index contributed by atoms with van der Waals surface area (Å²) in [5.41, 5.74) is 0.912. The normalized spacial score (nSPS) is 13.2. The molecule has 1 aromatic carbocycles. The summed E-state index contributed by atoms with van der Waals surface area (Å²) in [7, 11) is 1.30. The maximum atomic E-state index is 11.6. The molecule has 0 unspecified atom stereocenters. The number of amides is 3. The van der Waals surface area contributed by atoms with Crippen LogP contribution in [0.1, 0.15) is 23.2 Å². The number of urea groups is 1. The first-order chi connectivity index (χ1) is 10.1. The number of carbonyl (C=O) groups excluding carboxylic acids is 3. The number of nitrogens with one attached hydrogen (secondary N) is 3. The number of benzene rings is 1. The van der Waals surface area contributed by atoms with E-state index in [-0.39, 0.29) is 18.5 Å². The fourth-order valence-corrected chi connectivity index (χ4v) is 1.65. The standard InChI is InChI=1S/C14H17N3O4/c1-21-13(19)9-2-4-11(5-3-9)17-14(20)15-8-12(18)16-10-6-7-10/h2-5,10H,6-8H2,1H3,(H,16,18)(H2,15,17,20). The second kappa shape index (κ2) is 6.74. The third-order valence-corrected chi connectivity index (χ3v) is 2.92. The molecule has 3 amide bonds. The van der Waals surface area contributed by atoms with E-state index >= 15 is 0 Å². The minimum atomic E-state index is -0.480. The molecule has 21 heavy (non-hydrogen) atoms. The van der Waals surface area contributed by atoms with Crippen molar-refractivity contribution in [2.45, 2.75) is 18.9 Å². The van der Waals surface area contributed by atoms with Crippen LogP contribution in [0, 0.1) is 0 Å². The Morgan fingerprint density at radius 3 is 2.43 bits per heavy atom. The first-order valence-electron chi connectivity index (χ1n) is 6.61. The first-order valence-corrected chi connectivity index (χ1v) is 6.61. The Labute approximate surface area is 122 Å². The van der Waals surface area contributed by atoms with Crippen molar-refractivity contribution in [3.05, 3.63) is 29.8 Å². The van der Waals surface area contributed by atoms with E-state index in [4.69, 9.17) is 0 Å². The summed E-state index contributed by atoms with van der Waals surface area (Å²) in [6, 6.07) is 6.04. The first kappa shape index (κ1) is 14.8. The Hall–Kier alpha value is -2.57. The number of esters is 1. The molecule has 1 saturated carbocycles. The predicted molar refractivity (Wildman–Crippen MR) is 76.0 cm³/mol. The molecule has 0 bridgehead atoms. The van der Waals surface area contributed by atoms with E-state index in [0.29, 0.717) is 11.3 Å². The molecule has 7 heteroatoms. The molecule has 112 valence electrons. The van der Waals surface area contributed by atoms with E-state index in [1.54, 1.807) is 24.3 Å². The molecule has 0 saturated heterocycles. The third kappa shape index (κ3) is 4.79. The van der Waals surface area contributed by atoms with E-state index in [1.165, 1.54) is 7.11 Å². The minimum Gasteiger partial charge on any atom is -0.465 e. The fourth-order valence-electron chi connectivity index (χ4n) is 1.65. The van der Waals surface area contributed by atoms with Crippen molar-refractivity contribution >= 4 is 23.6 Å². The van der Waals surface area contributed by atoms with Crippen LogP contribution < -0.4 is 16.0 Å². The number of carbonyl (C=O) groups is 3. The molecule has 1 fully saturated rings. The van der Waals surface area contributed by atoms with Crippen LogP contribution >= 0.6 is 0 Å². The highest BCUT2D eigenvalue weighted by atomic mass is 16.5. The van der Waals surface area contributed by atoms with Crippen LogP contribution in [0.2, 0.25) is 0 Å². The average molecular weight is 291 g/mol. The highest BCUT2D eigenvalue weighted by molar-refractivity contribution is 5.93. The van der Waals surface area contributed by atoms with E-state index in [0.717, 1.165) is 12.8 Å². The lowest BCUT2D eigenvalue weighted by molar-refractivity contribution is -0.120. The number of ether oxygens (including phenoxy) is 1. The quantitative estimate of drug-likeness (QED) is 0.701. The zero-order valence-electron chi connectivity index (χ0n) is 11.6. The molecule has 0 radical (unpaired) electrons. The van der Waals surface area contributed by atoms with Gasteiger partial charge in [-0.3, -0.25) is 4.79 Å². The van der Waals surface area contributed by atoms with Crippen LogP contribution in [0.4, 0.5) is 10.5 Å². The van der Waals surface area contributed by atoms with Crippen molar-refractivity contribution in [1.82, 2.24) is 10.6 Å². The van der Waals surface area contributed by atoms with Crippen molar-refractivity contribution in [2.24, 2.45) is 0 Å². The summed E-state index contributed by atoms with van der Waals surface area (Å²) >= 11 is 0. The number of methoxy groups -OCH3 is 1. The van der Waals surface area contributed by atoms with E-state index in [1.807, 2.05) is 0 Å². The van der Waals surface area contributed by atoms with Gasteiger partial charge in [0.15, 0.2) is 0 Å². The average Bonchev–Trinajstić information content (AvgIpc) is 3.29. The molecule has 0 heterocycles. The van der Waals surface area contributed by atoms with Gasteiger partial charge in [0.1, 0.15) is 0 Å². The summed E-state index contributed by atoms with van der Waals surface area (Å²) in [6.45, 7) is -0.0669. The topological polar surface area (TPSA) is 96.5 Å². The molecular weight excluding hydrogens is 274 g/mol. The molecule has 0 atom stereocenters. The van der Waals surface area contributed by atoms with Gasteiger partial charge in [0.05, 0.1) is 19.2 Å². The number of anilines is 1. The van der Waals surface area contributed by atoms with E-state index in [9.17, 15) is 14.4 Å². The van der Waals surface area contributed by atoms with E-state index < -0.39 is 12.0 Å². The molecule has 3 N–H and O–H groups in total. The van der Waals surface area contributed by atoms with Gasteiger partial charge < -0.3 is 20.7 Å². The van der Waals surface area contributed by atoms with Gasteiger partial charge in [0.25, 0.3) is 0 Å². The Morgan fingerprint density at radius 1 is 1.19 bits per heavy atom. The number of rotatable bonds is 5. The SMILES string of the molecule is COC(=O)c1ccc(NC(=O)NCC(=O)NC2CC2)cc1. The second-order valence-corrected chi connectivity index (χ2v) is 4.72. The molecule has 1 aliphatic carbocycles. The summed E-state index contributed by atoms with van der Waals surface area (Å²) in [4.78, 5) is 34.2. The van der Waals surface area contributed by atoms with Crippen LogP contribution in [-0.4, -0.2) is 37.6 Å². The van der Waals surface area contributed by atoms with Crippen molar-refractivity contribution in [3.63, 3.8) is 0 Å². The Morgan fingerprint density at radius 2 is 1.86 bits per heavy atom. The molecule has 0 aliphatic heterocycles. The lowest BCUT2D eigenvalue weighted by Gasteiger charge is -2.08. The molecule has 2 rings (SSSR count). The predicted octanol–water partition coefficient (Wildman–Crippen LogP) is 0.873. The number of hydrogen-bond acceptors (Lipinski definition) is 4. The van der Waals surface area contributed by atoms with Crippen LogP contribution in [-0.2, 0) is 9.53 Å². The van der Waals surface area contributed by atoms with Crippen LogP contribution in [0.15, 0.2) is 24.3 Å². The van der Waals surface area contributed by atoms with Gasteiger partial charge in [-0.05, 0) is 37.1 Å². The van der Waals surface area contributed by atoms with Crippen LogP contribution in [0.25, 0.3) is 0 Å². The summed E-state index contributed by atoms with van der Waals surface area (Å²) in [5.74, 6) is -0.642. The lowest BCUT2D eigenvalue weighted by atomic mass is 10.2. The maximum Gasteiger partial charge on any atom is 0.337 e. The highest BCUT2D eigenvalue weighted by Gasteiger charge is 2.23. The molecule has 7 nitrogen and oxygen atoms in total. The van der Waals surface area contributed by atoms with Gasteiger partial charge in [-0.15, -0.1) is 0 Å². The van der Waals surface area contributed by atoms with Gasteiger partial charge in [0, 0.05) is 11.7 Å². The monoisotopic (exact) mass is 291 g/mol. The third-order valence-electron chi connectivity index (χ3n) is 2.92. The van der Waals surface area contributed by atoms with Crippen LogP contribution in [0.5, 0.6) is 0 Å². The molecule has 0 spiro atoms. The van der Waals surface area contributed by atoms with Gasteiger partial charge in [-0.2, -0.15) is 0 Å². The van der Waals surface area contributed by atoms with Crippen molar-refractivity contribution in [3.8, 4) is 0 Å². The van der Waals surface area contributed by atoms with Gasteiger partial charge in [-0.1, -0.05) is 0 Å². The molecular formula is C14H17N3O4. The second-order valence-electron chi connectivity index (χ2n) is 4.72. The Balaban J connectivity index is 1.76. The fraction of sp³-hybridized carbons (Fsp3) is 0.357. The summed E-state index contributed by atoms with van der Waals surface area (Å²) in [6.07, 6.45) is 2.01. The van der Waals surface area contributed by atoms with Crippen molar-refractivity contribution in [2.75, 3.05) is 19.0 Å². The zero-order chi connectivity index (χ0) is 15.2. The molecule has 0 aromatic heterocycles. The minimum absolute atomic E-state index is 0.0669. The smallest absolute Gasteiger partial charge is 0.337 e. The Kier molecular flexibility index (Phi) is 4.76. The van der Waals surface area contributed by atoms with Gasteiger partial charge >= 0.3 is 12.0 Å². The Bertz CT molecular complexity index is 538. The summed E-state index contributed by atoms with van der Waals surface area (Å²) in [5, 5.41) is 7.79. The summed E-state index contributed by atoms with van der Waals surface area (Å²) < 4.78 is 4.58. The highest BCUT2D eigenvalue weighted by Crippen LogP contribution is 2.18. The molecule has 1 aliphatic rings. The largest absolute Gasteiger partial charge is 0.465 e. The molecule has 1 aromatic rings.